The van der Waals surface area contributed by atoms with Crippen molar-refractivity contribution in [3.8, 4) is 0 Å². The van der Waals surface area contributed by atoms with Gasteiger partial charge in [0.25, 0.3) is 0 Å². The summed E-state index contributed by atoms with van der Waals surface area (Å²) in [7, 11) is 0. The third-order valence-corrected chi connectivity index (χ3v) is 3.53. The van der Waals surface area contributed by atoms with E-state index in [0.717, 1.165) is 11.1 Å². The maximum atomic E-state index is 10.6. The Balaban J connectivity index is 2.33. The predicted octanol–water partition coefficient (Wildman–Crippen LogP) is 3.12. The van der Waals surface area contributed by atoms with Crippen LogP contribution >= 0.6 is 0 Å². The molecule has 2 N–H and O–H groups in total. The van der Waals surface area contributed by atoms with Crippen LogP contribution in [0.4, 0.5) is 0 Å². The molecule has 0 amide bonds. The third-order valence-electron chi connectivity index (χ3n) is 3.53. The van der Waals surface area contributed by atoms with Gasteiger partial charge in [0.2, 0.25) is 0 Å². The van der Waals surface area contributed by atoms with Gasteiger partial charge in [-0.3, -0.25) is 0 Å². The van der Waals surface area contributed by atoms with E-state index in [-0.39, 0.29) is 11.5 Å². The molecule has 0 unspecified atom stereocenters. The lowest BCUT2D eigenvalue weighted by molar-refractivity contribution is 0.499. The molecular formula is C20H16O2. The molecule has 0 saturated heterocycles. The quantitative estimate of drug-likeness (QED) is 0.760. The van der Waals surface area contributed by atoms with Crippen molar-refractivity contribution in [2.24, 2.45) is 0 Å². The van der Waals surface area contributed by atoms with E-state index in [4.69, 9.17) is 0 Å². The lowest BCUT2D eigenvalue weighted by Crippen LogP contribution is -2.29. The van der Waals surface area contributed by atoms with Gasteiger partial charge in [0.1, 0.15) is 11.5 Å². The van der Waals surface area contributed by atoms with Crippen molar-refractivity contribution in [3.05, 3.63) is 106 Å². The molecule has 0 bridgehead atoms. The van der Waals surface area contributed by atoms with Gasteiger partial charge < -0.3 is 10.2 Å². The van der Waals surface area contributed by atoms with Crippen LogP contribution in [0.3, 0.4) is 0 Å². The Morgan fingerprint density at radius 2 is 0.773 bits per heavy atom. The number of aliphatic hydroxyl groups is 2. The van der Waals surface area contributed by atoms with Crippen LogP contribution in [0, 0.1) is 0 Å². The summed E-state index contributed by atoms with van der Waals surface area (Å²) in [4.78, 5) is 0. The summed E-state index contributed by atoms with van der Waals surface area (Å²) >= 11 is 0. The van der Waals surface area contributed by atoms with Crippen molar-refractivity contribution in [1.29, 1.82) is 0 Å². The Kier molecular flexibility index (Phi) is 3.92. The molecule has 0 saturated carbocycles. The van der Waals surface area contributed by atoms with Crippen LogP contribution in [0.15, 0.2) is 84.9 Å². The highest BCUT2D eigenvalue weighted by atomic mass is 16.3. The fourth-order valence-corrected chi connectivity index (χ4v) is 2.40. The highest BCUT2D eigenvalue weighted by molar-refractivity contribution is 5.63. The molecule has 0 radical (unpaired) electrons. The Morgan fingerprint density at radius 3 is 1.14 bits per heavy atom. The van der Waals surface area contributed by atoms with Crippen LogP contribution in [0.2, 0.25) is 0 Å². The zero-order chi connectivity index (χ0) is 15.4. The molecule has 3 aromatic rings. The first-order chi connectivity index (χ1) is 10.8. The number of benzene rings is 3. The Hall–Kier alpha value is -3.00. The van der Waals surface area contributed by atoms with Gasteiger partial charge in [-0.25, -0.2) is 0 Å². The molecule has 0 atom stereocenters. The maximum absolute atomic E-state index is 10.6. The van der Waals surface area contributed by atoms with E-state index in [2.05, 4.69) is 0 Å². The first-order valence-electron chi connectivity index (χ1n) is 7.10. The monoisotopic (exact) mass is 288 g/mol. The zero-order valence-corrected chi connectivity index (χ0v) is 12.0. The van der Waals surface area contributed by atoms with Gasteiger partial charge in [0.15, 0.2) is 0 Å². The lowest BCUT2D eigenvalue weighted by Gasteiger charge is -2.04. The van der Waals surface area contributed by atoms with Gasteiger partial charge in [0, 0.05) is 21.6 Å². The van der Waals surface area contributed by atoms with Crippen molar-refractivity contribution in [1.82, 2.24) is 0 Å². The highest BCUT2D eigenvalue weighted by Crippen LogP contribution is 2.08. The van der Waals surface area contributed by atoms with Crippen molar-refractivity contribution in [2.75, 3.05) is 0 Å². The number of hydrogen-bond acceptors (Lipinski definition) is 2. The fraction of sp³-hybridized carbons (Fsp3) is 0. The zero-order valence-electron chi connectivity index (χ0n) is 12.0. The molecule has 22 heavy (non-hydrogen) atoms. The average Bonchev–Trinajstić information content (AvgIpc) is 2.62. The van der Waals surface area contributed by atoms with Crippen LogP contribution in [-0.2, 0) is 0 Å². The van der Waals surface area contributed by atoms with Crippen molar-refractivity contribution in [3.63, 3.8) is 0 Å². The van der Waals surface area contributed by atoms with Crippen molar-refractivity contribution in [2.45, 2.75) is 0 Å². The minimum absolute atomic E-state index is 0.152. The molecule has 3 aromatic carbocycles. The lowest BCUT2D eigenvalue weighted by atomic mass is 10.1. The van der Waals surface area contributed by atoms with Crippen LogP contribution in [0.25, 0.3) is 11.5 Å². The summed E-state index contributed by atoms with van der Waals surface area (Å²) in [6, 6.07) is 25.9. The first kappa shape index (κ1) is 14.0. The molecule has 2 nitrogen and oxygen atoms in total. The Morgan fingerprint density at radius 1 is 0.455 bits per heavy atom. The van der Waals surface area contributed by atoms with Gasteiger partial charge in [-0.05, 0) is 0 Å². The fourth-order valence-electron chi connectivity index (χ4n) is 2.40. The second-order valence-electron chi connectivity index (χ2n) is 4.97. The molecule has 0 fully saturated rings. The van der Waals surface area contributed by atoms with E-state index >= 15 is 0 Å². The molecule has 0 spiro atoms. The molecule has 2 heteroatoms. The SMILES string of the molecule is OC(c1ccccc1)=c1ccccc1=C(O)c1ccccc1. The van der Waals surface area contributed by atoms with Gasteiger partial charge in [-0.1, -0.05) is 84.9 Å². The Labute approximate surface area is 128 Å². The number of hydrogen-bond donors (Lipinski definition) is 2. The average molecular weight is 288 g/mol. The summed E-state index contributed by atoms with van der Waals surface area (Å²) in [5, 5.41) is 22.3. The second-order valence-corrected chi connectivity index (χ2v) is 4.97. The van der Waals surface area contributed by atoms with E-state index in [1.165, 1.54) is 0 Å². The van der Waals surface area contributed by atoms with Crippen molar-refractivity contribution < 1.29 is 10.2 Å². The van der Waals surface area contributed by atoms with E-state index in [1.807, 2.05) is 72.8 Å². The summed E-state index contributed by atoms with van der Waals surface area (Å²) in [5.41, 5.74) is 1.44. The third kappa shape index (κ3) is 2.72. The predicted molar refractivity (Wildman–Crippen MR) is 88.9 cm³/mol. The largest absolute Gasteiger partial charge is 0.507 e. The molecule has 0 aliphatic heterocycles. The highest BCUT2D eigenvalue weighted by Gasteiger charge is 2.04. The maximum Gasteiger partial charge on any atom is 0.130 e. The second kappa shape index (κ2) is 6.19. The molecule has 0 aliphatic carbocycles. The smallest absolute Gasteiger partial charge is 0.130 e. The summed E-state index contributed by atoms with van der Waals surface area (Å²) < 4.78 is 0. The number of rotatable bonds is 2. The van der Waals surface area contributed by atoms with Crippen LogP contribution < -0.4 is 10.4 Å². The first-order valence-corrected chi connectivity index (χ1v) is 7.10. The number of aliphatic hydroxyl groups excluding tert-OH is 2. The summed E-state index contributed by atoms with van der Waals surface area (Å²) in [6.07, 6.45) is 0. The van der Waals surface area contributed by atoms with Gasteiger partial charge in [-0.2, -0.15) is 0 Å². The molecule has 0 heterocycles. The van der Waals surface area contributed by atoms with E-state index in [1.54, 1.807) is 12.1 Å². The van der Waals surface area contributed by atoms with E-state index in [0.29, 0.717) is 10.4 Å². The minimum Gasteiger partial charge on any atom is -0.507 e. The van der Waals surface area contributed by atoms with Gasteiger partial charge in [0.05, 0.1) is 0 Å². The van der Waals surface area contributed by atoms with E-state index < -0.39 is 0 Å². The van der Waals surface area contributed by atoms with E-state index in [9.17, 15) is 10.2 Å². The standard InChI is InChI=1S/C20H16O2/c21-19(15-9-3-1-4-10-15)17-13-7-8-14-18(17)20(22)16-11-5-2-6-12-16/h1-14,21-22H. The summed E-state index contributed by atoms with van der Waals surface area (Å²) in [6.45, 7) is 0. The van der Waals surface area contributed by atoms with Crippen LogP contribution in [0.5, 0.6) is 0 Å². The summed E-state index contributed by atoms with van der Waals surface area (Å²) in [5.74, 6) is 0.303. The molecule has 3 rings (SSSR count). The van der Waals surface area contributed by atoms with Gasteiger partial charge in [-0.15, -0.1) is 0 Å². The molecule has 108 valence electrons. The van der Waals surface area contributed by atoms with Crippen LogP contribution in [-0.4, -0.2) is 10.2 Å². The molecular weight excluding hydrogens is 272 g/mol. The van der Waals surface area contributed by atoms with Gasteiger partial charge >= 0.3 is 0 Å². The van der Waals surface area contributed by atoms with Crippen LogP contribution in [0.1, 0.15) is 11.1 Å². The normalized spacial score (nSPS) is 13.5. The van der Waals surface area contributed by atoms with Crippen molar-refractivity contribution >= 4 is 11.5 Å². The molecule has 0 aliphatic rings. The molecule has 0 aromatic heterocycles. The topological polar surface area (TPSA) is 40.5 Å². The minimum atomic E-state index is 0.152. The Bertz CT molecular complexity index is 805.